The summed E-state index contributed by atoms with van der Waals surface area (Å²) in [5, 5.41) is 9.76. The Bertz CT molecular complexity index is 997. The summed E-state index contributed by atoms with van der Waals surface area (Å²) in [6, 6.07) is 7.45. The molecule has 0 radical (unpaired) electrons. The van der Waals surface area contributed by atoms with Gasteiger partial charge in [-0.3, -0.25) is 9.59 Å². The van der Waals surface area contributed by atoms with E-state index in [1.807, 2.05) is 26.0 Å². The Hall–Kier alpha value is -2.64. The zero-order valence-electron chi connectivity index (χ0n) is 23.9. The quantitative estimate of drug-likeness (QED) is 0.0881. The molecule has 224 valence electrons. The first-order valence-corrected chi connectivity index (χ1v) is 14.6. The number of carbonyl (C=O) groups is 2. The number of hydrogen-bond acceptors (Lipinski definition) is 3. The summed E-state index contributed by atoms with van der Waals surface area (Å²) in [6.07, 6.45) is 4.05. The number of unbranched alkanes of at least 4 members (excludes halogenated alkanes) is 7. The van der Waals surface area contributed by atoms with Crippen molar-refractivity contribution in [2.75, 3.05) is 0 Å². The van der Waals surface area contributed by atoms with E-state index in [9.17, 15) is 27.9 Å². The van der Waals surface area contributed by atoms with Crippen molar-refractivity contribution in [3.8, 4) is 0 Å². The summed E-state index contributed by atoms with van der Waals surface area (Å²) in [5.41, 5.74) is -0.791. The van der Waals surface area contributed by atoms with E-state index in [1.54, 1.807) is 12.1 Å². The molecule has 2 unspecified atom stereocenters. The monoisotopic (exact) mass is 568 g/mol. The summed E-state index contributed by atoms with van der Waals surface area (Å²) in [4.78, 5) is 24.9. The van der Waals surface area contributed by atoms with Gasteiger partial charge in [0.2, 0.25) is 5.41 Å². The normalized spacial score (nSPS) is 19.9. The molecule has 1 aromatic carbocycles. The van der Waals surface area contributed by atoms with Crippen LogP contribution < -0.4 is 0 Å². The fourth-order valence-electron chi connectivity index (χ4n) is 4.86. The average molecular weight is 569 g/mol. The number of aryl methyl sites for hydroxylation is 1. The molecule has 40 heavy (non-hydrogen) atoms. The molecule has 1 aliphatic carbocycles. The van der Waals surface area contributed by atoms with Gasteiger partial charge in [0, 0.05) is 0 Å². The first kappa shape index (κ1) is 33.6. The van der Waals surface area contributed by atoms with Gasteiger partial charge < -0.3 is 9.84 Å². The highest BCUT2D eigenvalue weighted by molar-refractivity contribution is 6.04. The van der Waals surface area contributed by atoms with Crippen molar-refractivity contribution < 1.29 is 37.0 Å². The molecule has 0 bridgehead atoms. The Morgan fingerprint density at radius 1 is 0.950 bits per heavy atom. The number of benzene rings is 1. The van der Waals surface area contributed by atoms with E-state index in [-0.39, 0.29) is 12.3 Å². The lowest BCUT2D eigenvalue weighted by molar-refractivity contribution is -0.228. The zero-order chi connectivity index (χ0) is 29.8. The number of hydrogen-bond donors (Lipinski definition) is 1. The molecule has 1 N–H and O–H groups in total. The van der Waals surface area contributed by atoms with Crippen molar-refractivity contribution in [2.45, 2.75) is 116 Å². The van der Waals surface area contributed by atoms with Crippen LogP contribution >= 0.6 is 0 Å². The molecular weight excluding hydrogens is 524 g/mol. The first-order chi connectivity index (χ1) is 18.9. The highest BCUT2D eigenvalue weighted by Crippen LogP contribution is 2.39. The Balaban J connectivity index is 2.03. The fourth-order valence-corrected chi connectivity index (χ4v) is 4.86. The van der Waals surface area contributed by atoms with Gasteiger partial charge in [-0.05, 0) is 54.4 Å². The Morgan fingerprint density at radius 3 is 2.08 bits per heavy atom. The number of esters is 1. The van der Waals surface area contributed by atoms with Gasteiger partial charge in [0.15, 0.2) is 6.10 Å². The summed E-state index contributed by atoms with van der Waals surface area (Å²) < 4.78 is 60.6. The number of halogens is 4. The van der Waals surface area contributed by atoms with Crippen molar-refractivity contribution in [2.24, 2.45) is 11.3 Å². The molecule has 0 saturated heterocycles. The third kappa shape index (κ3) is 9.77. The lowest BCUT2D eigenvalue weighted by Crippen LogP contribution is -2.49. The van der Waals surface area contributed by atoms with Crippen LogP contribution in [-0.2, 0) is 20.7 Å². The van der Waals surface area contributed by atoms with Crippen LogP contribution in [-0.4, -0.2) is 35.5 Å². The van der Waals surface area contributed by atoms with Crippen LogP contribution in [0.4, 0.5) is 17.6 Å². The summed E-state index contributed by atoms with van der Waals surface area (Å²) in [5.74, 6) is -3.51. The molecule has 3 atom stereocenters. The van der Waals surface area contributed by atoms with Gasteiger partial charge in [0.05, 0.1) is 0 Å². The largest absolute Gasteiger partial charge is 0.480 e. The molecule has 1 aromatic rings. The van der Waals surface area contributed by atoms with E-state index < -0.39 is 42.2 Å². The van der Waals surface area contributed by atoms with E-state index >= 15 is 4.39 Å². The molecule has 0 fully saturated rings. The van der Waals surface area contributed by atoms with Crippen LogP contribution in [0.25, 0.3) is 5.57 Å². The Labute approximate surface area is 235 Å². The number of aliphatic carboxylic acids is 1. The minimum atomic E-state index is -4.89. The van der Waals surface area contributed by atoms with E-state index in [4.69, 9.17) is 0 Å². The second-order valence-corrected chi connectivity index (χ2v) is 11.2. The van der Waals surface area contributed by atoms with Gasteiger partial charge in [-0.25, -0.2) is 4.39 Å². The van der Waals surface area contributed by atoms with Crippen LogP contribution in [0.15, 0.2) is 42.5 Å². The third-order valence-electron chi connectivity index (χ3n) is 7.45. The fraction of sp³-hybridized carbons (Fsp3) is 0.625. The summed E-state index contributed by atoms with van der Waals surface area (Å²) in [7, 11) is 0. The van der Waals surface area contributed by atoms with Crippen LogP contribution in [0.1, 0.15) is 103 Å². The van der Waals surface area contributed by atoms with Gasteiger partial charge in [0.25, 0.3) is 0 Å². The zero-order valence-corrected chi connectivity index (χ0v) is 23.9. The SMILES string of the molecule is CCCCCCCCCCc1ccc(C2=C[C@@H](F)C(C(=O)O)(C(=O)OC(CCCC(C)C)C(F)(F)F)C=C2)cc1. The topological polar surface area (TPSA) is 63.6 Å². The predicted octanol–water partition coefficient (Wildman–Crippen LogP) is 9.03. The van der Waals surface area contributed by atoms with Crippen LogP contribution in [0.3, 0.4) is 0 Å². The molecule has 1 aliphatic rings. The molecule has 0 spiro atoms. The van der Waals surface area contributed by atoms with Crippen molar-refractivity contribution in [3.05, 3.63) is 53.6 Å². The Kier molecular flexibility index (Phi) is 13.4. The summed E-state index contributed by atoms with van der Waals surface area (Å²) >= 11 is 0. The molecule has 0 aromatic heterocycles. The molecule has 0 aliphatic heterocycles. The molecule has 2 rings (SSSR count). The van der Waals surface area contributed by atoms with Crippen molar-refractivity contribution in [1.82, 2.24) is 0 Å². The minimum Gasteiger partial charge on any atom is -0.480 e. The maximum Gasteiger partial charge on any atom is 0.425 e. The maximum absolute atomic E-state index is 15.4. The van der Waals surface area contributed by atoms with Gasteiger partial charge in [-0.1, -0.05) is 109 Å². The number of rotatable bonds is 17. The highest BCUT2D eigenvalue weighted by Gasteiger charge is 2.56. The van der Waals surface area contributed by atoms with E-state index in [0.717, 1.165) is 37.0 Å². The average Bonchev–Trinajstić information content (AvgIpc) is 2.89. The summed E-state index contributed by atoms with van der Waals surface area (Å²) in [6.45, 7) is 5.90. The van der Waals surface area contributed by atoms with Crippen LogP contribution in [0, 0.1) is 11.3 Å². The maximum atomic E-state index is 15.4. The van der Waals surface area contributed by atoms with E-state index in [1.165, 1.54) is 44.6 Å². The molecule has 0 amide bonds. The number of carboxylic acid groups (broad SMARTS) is 1. The number of ether oxygens (including phenoxy) is 1. The molecule has 0 saturated carbocycles. The number of allylic oxidation sites excluding steroid dienone is 3. The molecule has 0 heterocycles. The van der Waals surface area contributed by atoms with Crippen LogP contribution in [0.5, 0.6) is 0 Å². The van der Waals surface area contributed by atoms with Gasteiger partial charge in [0.1, 0.15) is 6.17 Å². The number of carboxylic acids is 1. The first-order valence-electron chi connectivity index (χ1n) is 14.6. The number of alkyl halides is 4. The highest BCUT2D eigenvalue weighted by atomic mass is 19.4. The van der Waals surface area contributed by atoms with E-state index in [0.29, 0.717) is 17.6 Å². The van der Waals surface area contributed by atoms with Gasteiger partial charge in [-0.2, -0.15) is 13.2 Å². The second-order valence-electron chi connectivity index (χ2n) is 11.2. The lowest BCUT2D eigenvalue weighted by Gasteiger charge is -2.31. The van der Waals surface area contributed by atoms with Crippen LogP contribution in [0.2, 0.25) is 0 Å². The van der Waals surface area contributed by atoms with Crippen molar-refractivity contribution in [1.29, 1.82) is 0 Å². The second kappa shape index (κ2) is 16.0. The Morgan fingerprint density at radius 2 is 1.55 bits per heavy atom. The smallest absolute Gasteiger partial charge is 0.425 e. The third-order valence-corrected chi connectivity index (χ3v) is 7.45. The molecule has 8 heteroatoms. The number of carbonyl (C=O) groups excluding carboxylic acids is 1. The molecular formula is C32H44F4O4. The van der Waals surface area contributed by atoms with Crippen molar-refractivity contribution in [3.63, 3.8) is 0 Å². The standard InChI is InChI=1S/C32H44F4O4/c1-4-5-6-7-8-9-10-11-14-24-16-18-25(19-17-24)26-20-21-31(29(37)38,27(33)22-26)30(39)40-28(32(34,35)36)15-12-13-23(2)3/h16-23,27-28H,4-15H2,1-3H3,(H,37,38)/t27-,28?,31?/m1/s1. The van der Waals surface area contributed by atoms with Gasteiger partial charge in [-0.15, -0.1) is 0 Å². The minimum absolute atomic E-state index is 0.128. The molecule has 4 nitrogen and oxygen atoms in total. The lowest BCUT2D eigenvalue weighted by atomic mass is 9.77. The van der Waals surface area contributed by atoms with Gasteiger partial charge >= 0.3 is 18.1 Å². The van der Waals surface area contributed by atoms with Crippen molar-refractivity contribution >= 4 is 17.5 Å². The predicted molar refractivity (Wildman–Crippen MR) is 149 cm³/mol. The van der Waals surface area contributed by atoms with E-state index in [2.05, 4.69) is 11.7 Å².